The average molecular weight is 193 g/mol. The number of fused-ring (bicyclic) bond motifs is 1. The second kappa shape index (κ2) is 3.54. The topological polar surface area (TPSA) is 0 Å². The van der Waals surface area contributed by atoms with Crippen molar-refractivity contribution in [1.29, 1.82) is 0 Å². The minimum Gasteiger partial charge on any atom is -0.0766 e. The van der Waals surface area contributed by atoms with Crippen LogP contribution in [0.15, 0.2) is 54.1 Å². The Bertz CT molecular complexity index is 520. The molecule has 0 saturated carbocycles. The highest BCUT2D eigenvalue weighted by Crippen LogP contribution is 2.24. The van der Waals surface area contributed by atoms with E-state index in [4.69, 9.17) is 0 Å². The standard InChI is InChI=1S/C15H13/c1-2-4-15-11-13(8-7-12-5-6-12)9-10-14(15)3-1/h1-6,9-11H,7-8H2. The normalized spacial score (nSPS) is 14.0. The van der Waals surface area contributed by atoms with Gasteiger partial charge in [-0.25, -0.2) is 0 Å². The van der Waals surface area contributed by atoms with E-state index in [0.29, 0.717) is 0 Å². The van der Waals surface area contributed by atoms with Gasteiger partial charge in [-0.15, -0.1) is 0 Å². The highest BCUT2D eigenvalue weighted by atomic mass is 14.1. The predicted molar refractivity (Wildman–Crippen MR) is 64.7 cm³/mol. The fourth-order valence-corrected chi connectivity index (χ4v) is 1.91. The molecule has 2 aromatic carbocycles. The van der Waals surface area contributed by atoms with E-state index < -0.39 is 0 Å². The average Bonchev–Trinajstić information content (AvgIpc) is 3.10. The molecule has 0 heterocycles. The number of benzene rings is 2. The van der Waals surface area contributed by atoms with Crippen LogP contribution in [0.2, 0.25) is 0 Å². The van der Waals surface area contributed by atoms with E-state index in [0.717, 1.165) is 6.42 Å². The minimum atomic E-state index is 1.16. The summed E-state index contributed by atoms with van der Waals surface area (Å²) < 4.78 is 0. The quantitative estimate of drug-likeness (QED) is 0.693. The molecule has 0 nitrogen and oxygen atoms in total. The van der Waals surface area contributed by atoms with E-state index >= 15 is 0 Å². The van der Waals surface area contributed by atoms with Crippen molar-refractivity contribution in [2.24, 2.45) is 0 Å². The van der Waals surface area contributed by atoms with Gasteiger partial charge < -0.3 is 0 Å². The smallest absolute Gasteiger partial charge is 0.00803 e. The second-order valence-corrected chi connectivity index (χ2v) is 4.09. The molecule has 0 saturated heterocycles. The Hall–Kier alpha value is -1.56. The van der Waals surface area contributed by atoms with Gasteiger partial charge in [0.1, 0.15) is 0 Å². The molecule has 0 unspecified atom stereocenters. The Morgan fingerprint density at radius 2 is 1.60 bits per heavy atom. The summed E-state index contributed by atoms with van der Waals surface area (Å²) in [7, 11) is 0. The molecule has 1 aliphatic carbocycles. The highest BCUT2D eigenvalue weighted by molar-refractivity contribution is 5.82. The van der Waals surface area contributed by atoms with Crippen LogP contribution in [0.4, 0.5) is 0 Å². The van der Waals surface area contributed by atoms with Gasteiger partial charge in [-0.3, -0.25) is 0 Å². The molecule has 0 fully saturated rings. The van der Waals surface area contributed by atoms with Crippen LogP contribution in [-0.2, 0) is 6.42 Å². The zero-order chi connectivity index (χ0) is 10.1. The Kier molecular flexibility index (Phi) is 2.06. The van der Waals surface area contributed by atoms with Crippen LogP contribution >= 0.6 is 0 Å². The zero-order valence-electron chi connectivity index (χ0n) is 8.61. The molecule has 0 spiro atoms. The number of rotatable bonds is 3. The molecule has 0 amide bonds. The summed E-state index contributed by atoms with van der Waals surface area (Å²) in [4.78, 5) is 0. The van der Waals surface area contributed by atoms with E-state index in [1.165, 1.54) is 28.3 Å². The first kappa shape index (κ1) is 8.72. The van der Waals surface area contributed by atoms with Crippen molar-refractivity contribution >= 4 is 10.8 Å². The summed E-state index contributed by atoms with van der Waals surface area (Å²) in [6.45, 7) is 0. The van der Waals surface area contributed by atoms with Crippen LogP contribution in [0.3, 0.4) is 0 Å². The summed E-state index contributed by atoms with van der Waals surface area (Å²) >= 11 is 0. The molecular weight excluding hydrogens is 180 g/mol. The lowest BCUT2D eigenvalue weighted by Gasteiger charge is -2.02. The molecule has 3 rings (SSSR count). The van der Waals surface area contributed by atoms with Gasteiger partial charge in [-0.1, -0.05) is 54.1 Å². The first-order valence-electron chi connectivity index (χ1n) is 5.43. The van der Waals surface area contributed by atoms with Crippen LogP contribution in [-0.4, -0.2) is 0 Å². The van der Waals surface area contributed by atoms with Gasteiger partial charge in [0.25, 0.3) is 0 Å². The highest BCUT2D eigenvalue weighted by Gasteiger charge is 2.07. The van der Waals surface area contributed by atoms with E-state index in [9.17, 15) is 0 Å². The summed E-state index contributed by atoms with van der Waals surface area (Å²) in [5.41, 5.74) is 2.94. The van der Waals surface area contributed by atoms with Gasteiger partial charge in [0.05, 0.1) is 0 Å². The zero-order valence-corrected chi connectivity index (χ0v) is 8.61. The van der Waals surface area contributed by atoms with E-state index in [1.54, 1.807) is 0 Å². The largest absolute Gasteiger partial charge is 0.0766 e. The molecule has 15 heavy (non-hydrogen) atoms. The van der Waals surface area contributed by atoms with Crippen LogP contribution in [0.5, 0.6) is 0 Å². The Balaban J connectivity index is 1.88. The molecule has 0 aliphatic heterocycles. The molecule has 0 N–H and O–H groups in total. The first-order valence-corrected chi connectivity index (χ1v) is 5.43. The van der Waals surface area contributed by atoms with Crippen LogP contribution in [0.25, 0.3) is 10.8 Å². The molecular formula is C15H13. The number of hydrogen-bond acceptors (Lipinski definition) is 0. The molecule has 0 heteroatoms. The Labute approximate surface area is 90.2 Å². The summed E-state index contributed by atoms with van der Waals surface area (Å²) in [6, 6.07) is 15.3. The first-order chi connectivity index (χ1) is 7.42. The van der Waals surface area contributed by atoms with Gasteiger partial charge in [-0.05, 0) is 29.2 Å². The summed E-state index contributed by atoms with van der Waals surface area (Å²) in [6.07, 6.45) is 6.74. The molecule has 0 bridgehead atoms. The van der Waals surface area contributed by atoms with Crippen molar-refractivity contribution in [2.75, 3.05) is 0 Å². The van der Waals surface area contributed by atoms with Gasteiger partial charge in [0.2, 0.25) is 0 Å². The fraction of sp³-hybridized carbons (Fsp3) is 0.133. The summed E-state index contributed by atoms with van der Waals surface area (Å²) in [5.74, 6) is 0. The van der Waals surface area contributed by atoms with Crippen molar-refractivity contribution < 1.29 is 0 Å². The maximum absolute atomic E-state index is 2.30. The van der Waals surface area contributed by atoms with Crippen molar-refractivity contribution in [3.8, 4) is 0 Å². The second-order valence-electron chi connectivity index (χ2n) is 4.09. The van der Waals surface area contributed by atoms with Crippen LogP contribution in [0, 0.1) is 6.42 Å². The van der Waals surface area contributed by atoms with Crippen molar-refractivity contribution in [1.82, 2.24) is 0 Å². The number of allylic oxidation sites excluding steroid dienone is 2. The Morgan fingerprint density at radius 3 is 2.40 bits per heavy atom. The fourth-order valence-electron chi connectivity index (χ4n) is 1.91. The van der Waals surface area contributed by atoms with Crippen molar-refractivity contribution in [3.05, 3.63) is 66.1 Å². The maximum Gasteiger partial charge on any atom is 0.00803 e. The van der Waals surface area contributed by atoms with Crippen LogP contribution < -0.4 is 0 Å². The third-order valence-electron chi connectivity index (χ3n) is 2.92. The predicted octanol–water partition coefficient (Wildman–Crippen LogP) is 3.92. The third-order valence-corrected chi connectivity index (χ3v) is 2.92. The monoisotopic (exact) mass is 193 g/mol. The molecule has 0 aromatic heterocycles. The van der Waals surface area contributed by atoms with E-state index in [1.807, 2.05) is 0 Å². The lowest BCUT2D eigenvalue weighted by Crippen LogP contribution is -1.84. The molecule has 0 atom stereocenters. The molecule has 1 aliphatic rings. The molecule has 2 aromatic rings. The lowest BCUT2D eigenvalue weighted by molar-refractivity contribution is 0.986. The van der Waals surface area contributed by atoms with Gasteiger partial charge >= 0.3 is 0 Å². The van der Waals surface area contributed by atoms with E-state index in [2.05, 4.69) is 55.0 Å². The molecule has 73 valence electrons. The Morgan fingerprint density at radius 1 is 0.800 bits per heavy atom. The number of hydrogen-bond donors (Lipinski definition) is 0. The van der Waals surface area contributed by atoms with Gasteiger partial charge in [-0.2, -0.15) is 0 Å². The SMILES string of the molecule is [CH]1C=C1CCc1ccc2ccccc2c1. The maximum atomic E-state index is 2.30. The van der Waals surface area contributed by atoms with Gasteiger partial charge in [0, 0.05) is 6.42 Å². The number of aryl methyl sites for hydroxylation is 1. The summed E-state index contributed by atoms with van der Waals surface area (Å²) in [5, 5.41) is 2.68. The van der Waals surface area contributed by atoms with Crippen molar-refractivity contribution in [2.45, 2.75) is 12.8 Å². The minimum absolute atomic E-state index is 1.16. The van der Waals surface area contributed by atoms with E-state index in [-0.39, 0.29) is 0 Å². The van der Waals surface area contributed by atoms with Crippen LogP contribution in [0.1, 0.15) is 12.0 Å². The van der Waals surface area contributed by atoms with Crippen molar-refractivity contribution in [3.63, 3.8) is 0 Å². The molecule has 1 radical (unpaired) electrons. The third kappa shape index (κ3) is 1.94. The lowest BCUT2D eigenvalue weighted by atomic mass is 10.0. The van der Waals surface area contributed by atoms with Gasteiger partial charge in [0.15, 0.2) is 0 Å².